The maximum atomic E-state index is 14.3. The van der Waals surface area contributed by atoms with Gasteiger partial charge in [0.05, 0.1) is 31.0 Å². The van der Waals surface area contributed by atoms with Crippen LogP contribution in [0.5, 0.6) is 5.75 Å². The Labute approximate surface area is 162 Å². The first kappa shape index (κ1) is 18.0. The van der Waals surface area contributed by atoms with Gasteiger partial charge in [0.25, 0.3) is 5.91 Å². The first-order valence-electron chi connectivity index (χ1n) is 9.04. The zero-order valence-corrected chi connectivity index (χ0v) is 15.4. The van der Waals surface area contributed by atoms with Gasteiger partial charge in [-0.1, -0.05) is 30.3 Å². The van der Waals surface area contributed by atoms with Crippen molar-refractivity contribution >= 4 is 11.9 Å². The molecule has 28 heavy (non-hydrogen) atoms. The van der Waals surface area contributed by atoms with Crippen molar-refractivity contribution in [2.75, 3.05) is 20.2 Å². The summed E-state index contributed by atoms with van der Waals surface area (Å²) >= 11 is 0. The number of amides is 3. The molecule has 0 aromatic heterocycles. The Bertz CT molecular complexity index is 956. The Hall–Kier alpha value is -3.35. The second-order valence-corrected chi connectivity index (χ2v) is 6.77. The molecule has 2 aromatic rings. The van der Waals surface area contributed by atoms with Crippen molar-refractivity contribution in [2.45, 2.75) is 12.5 Å². The monoisotopic (exact) mass is 381 g/mol. The van der Waals surface area contributed by atoms with E-state index >= 15 is 0 Å². The standard InChI is InChI=1S/C21H20FN3O3/c1-28-14-8-6-13(7-9-14)10-11-25-12-17-18(20(25)26)19(24-21(27)23-17)15-4-2-3-5-16(15)22/h2-9,19H,10-12H2,1H3,(H2,23,24,27)/t19-/m1/s1. The van der Waals surface area contributed by atoms with E-state index in [4.69, 9.17) is 4.74 Å². The molecule has 0 saturated heterocycles. The SMILES string of the molecule is COc1ccc(CCN2CC3=C(C2=O)[C@@H](c2ccccc2F)NC(=O)N3)cc1. The molecule has 0 spiro atoms. The van der Waals surface area contributed by atoms with Crippen LogP contribution >= 0.6 is 0 Å². The van der Waals surface area contributed by atoms with E-state index in [1.807, 2.05) is 24.3 Å². The normalized spacial score (nSPS) is 18.6. The van der Waals surface area contributed by atoms with Crippen LogP contribution < -0.4 is 15.4 Å². The summed E-state index contributed by atoms with van der Waals surface area (Å²) in [6, 6.07) is 12.6. The third-order valence-electron chi connectivity index (χ3n) is 5.07. The minimum absolute atomic E-state index is 0.190. The maximum absolute atomic E-state index is 14.3. The van der Waals surface area contributed by atoms with Crippen LogP contribution in [0.15, 0.2) is 59.8 Å². The highest BCUT2D eigenvalue weighted by Gasteiger charge is 2.40. The van der Waals surface area contributed by atoms with E-state index in [0.29, 0.717) is 30.8 Å². The van der Waals surface area contributed by atoms with Gasteiger partial charge in [0, 0.05) is 12.1 Å². The third kappa shape index (κ3) is 3.31. The van der Waals surface area contributed by atoms with Crippen LogP contribution in [0.3, 0.4) is 0 Å². The largest absolute Gasteiger partial charge is 0.497 e. The number of hydrogen-bond acceptors (Lipinski definition) is 3. The summed E-state index contributed by atoms with van der Waals surface area (Å²) in [6.07, 6.45) is 0.669. The van der Waals surface area contributed by atoms with Gasteiger partial charge in [0.2, 0.25) is 0 Å². The Kier molecular flexibility index (Phi) is 4.73. The van der Waals surface area contributed by atoms with E-state index in [2.05, 4.69) is 10.6 Å². The number of nitrogens with zero attached hydrogens (tertiary/aromatic N) is 1. The van der Waals surface area contributed by atoms with Crippen LogP contribution in [0.1, 0.15) is 17.2 Å². The molecule has 1 atom stereocenters. The molecule has 2 N–H and O–H groups in total. The van der Waals surface area contributed by atoms with Crippen LogP contribution in [0, 0.1) is 5.82 Å². The van der Waals surface area contributed by atoms with Crippen molar-refractivity contribution in [3.63, 3.8) is 0 Å². The molecule has 0 saturated carbocycles. The summed E-state index contributed by atoms with van der Waals surface area (Å²) in [5.41, 5.74) is 2.30. The van der Waals surface area contributed by atoms with Gasteiger partial charge in [0.15, 0.2) is 0 Å². The smallest absolute Gasteiger partial charge is 0.319 e. The predicted octanol–water partition coefficient (Wildman–Crippen LogP) is 2.53. The molecule has 3 amide bonds. The van der Waals surface area contributed by atoms with Gasteiger partial charge in [0.1, 0.15) is 11.6 Å². The quantitative estimate of drug-likeness (QED) is 0.836. The lowest BCUT2D eigenvalue weighted by atomic mass is 9.96. The number of carbonyl (C=O) groups is 2. The molecule has 6 nitrogen and oxygen atoms in total. The van der Waals surface area contributed by atoms with Crippen LogP contribution in [-0.4, -0.2) is 37.0 Å². The zero-order valence-electron chi connectivity index (χ0n) is 15.4. The average Bonchev–Trinajstić information content (AvgIpc) is 3.02. The van der Waals surface area contributed by atoms with Gasteiger partial charge < -0.3 is 20.3 Å². The predicted molar refractivity (Wildman–Crippen MR) is 101 cm³/mol. The molecule has 2 aliphatic rings. The first-order valence-corrected chi connectivity index (χ1v) is 9.04. The van der Waals surface area contributed by atoms with Gasteiger partial charge in [-0.15, -0.1) is 0 Å². The number of carbonyl (C=O) groups excluding carboxylic acids is 2. The lowest BCUT2D eigenvalue weighted by Crippen LogP contribution is -2.44. The number of urea groups is 1. The van der Waals surface area contributed by atoms with Gasteiger partial charge in [-0.3, -0.25) is 4.79 Å². The number of methoxy groups -OCH3 is 1. The number of rotatable bonds is 5. The van der Waals surface area contributed by atoms with Crippen LogP contribution in [0.4, 0.5) is 9.18 Å². The molecule has 144 valence electrons. The number of nitrogens with one attached hydrogen (secondary N) is 2. The van der Waals surface area contributed by atoms with E-state index in [1.54, 1.807) is 30.2 Å². The molecule has 7 heteroatoms. The van der Waals surface area contributed by atoms with Gasteiger partial charge >= 0.3 is 6.03 Å². The number of hydrogen-bond donors (Lipinski definition) is 2. The minimum atomic E-state index is -0.788. The summed E-state index contributed by atoms with van der Waals surface area (Å²) in [5.74, 6) is 0.134. The molecular weight excluding hydrogens is 361 g/mol. The zero-order chi connectivity index (χ0) is 19.7. The fourth-order valence-electron chi connectivity index (χ4n) is 3.61. The number of halogens is 1. The first-order chi connectivity index (χ1) is 13.6. The van der Waals surface area contributed by atoms with Gasteiger partial charge in [-0.2, -0.15) is 0 Å². The van der Waals surface area contributed by atoms with Crippen LogP contribution in [0.2, 0.25) is 0 Å². The molecule has 4 rings (SSSR count). The molecule has 0 radical (unpaired) electrons. The van der Waals surface area contributed by atoms with Crippen molar-refractivity contribution in [2.24, 2.45) is 0 Å². The molecular formula is C21H20FN3O3. The molecule has 2 aliphatic heterocycles. The highest BCUT2D eigenvalue weighted by Crippen LogP contribution is 2.33. The summed E-state index contributed by atoms with van der Waals surface area (Å²) in [5, 5.41) is 5.37. The third-order valence-corrected chi connectivity index (χ3v) is 5.07. The minimum Gasteiger partial charge on any atom is -0.497 e. The fourth-order valence-corrected chi connectivity index (χ4v) is 3.61. The van der Waals surface area contributed by atoms with Gasteiger partial charge in [-0.25, -0.2) is 9.18 Å². The molecule has 2 heterocycles. The highest BCUT2D eigenvalue weighted by molar-refractivity contribution is 6.01. The molecule has 0 bridgehead atoms. The molecule has 0 unspecified atom stereocenters. The number of ether oxygens (including phenoxy) is 1. The van der Waals surface area contributed by atoms with Gasteiger partial charge in [-0.05, 0) is 30.2 Å². The van der Waals surface area contributed by atoms with Crippen LogP contribution in [-0.2, 0) is 11.2 Å². The van der Waals surface area contributed by atoms with Crippen molar-refractivity contribution in [3.05, 3.63) is 76.7 Å². The second kappa shape index (κ2) is 7.34. The average molecular weight is 381 g/mol. The van der Waals surface area contributed by atoms with Crippen molar-refractivity contribution in [1.29, 1.82) is 0 Å². The van der Waals surface area contributed by atoms with Crippen molar-refractivity contribution in [3.8, 4) is 5.75 Å². The fraction of sp³-hybridized carbons (Fsp3) is 0.238. The highest BCUT2D eigenvalue weighted by atomic mass is 19.1. The second-order valence-electron chi connectivity index (χ2n) is 6.77. The lowest BCUT2D eigenvalue weighted by Gasteiger charge is -2.25. The summed E-state index contributed by atoms with van der Waals surface area (Å²) < 4.78 is 19.4. The Morgan fingerprint density at radius 2 is 1.89 bits per heavy atom. The lowest BCUT2D eigenvalue weighted by molar-refractivity contribution is -0.125. The van der Waals surface area contributed by atoms with Crippen LogP contribution in [0.25, 0.3) is 0 Å². The summed E-state index contributed by atoms with van der Waals surface area (Å²) in [6.45, 7) is 0.806. The topological polar surface area (TPSA) is 70.7 Å². The molecule has 0 fully saturated rings. The molecule has 0 aliphatic carbocycles. The Balaban J connectivity index is 1.52. The van der Waals surface area contributed by atoms with Crippen molar-refractivity contribution in [1.82, 2.24) is 15.5 Å². The van der Waals surface area contributed by atoms with Crippen molar-refractivity contribution < 1.29 is 18.7 Å². The maximum Gasteiger partial charge on any atom is 0.319 e. The molecule has 2 aromatic carbocycles. The Morgan fingerprint density at radius 1 is 1.14 bits per heavy atom. The summed E-state index contributed by atoms with van der Waals surface area (Å²) in [4.78, 5) is 26.7. The van der Waals surface area contributed by atoms with E-state index in [0.717, 1.165) is 11.3 Å². The van der Waals surface area contributed by atoms with E-state index in [9.17, 15) is 14.0 Å². The summed E-state index contributed by atoms with van der Waals surface area (Å²) in [7, 11) is 1.61. The van der Waals surface area contributed by atoms with E-state index in [-0.39, 0.29) is 11.5 Å². The number of benzene rings is 2. The van der Waals surface area contributed by atoms with E-state index in [1.165, 1.54) is 6.07 Å². The Morgan fingerprint density at radius 3 is 2.61 bits per heavy atom. The van der Waals surface area contributed by atoms with E-state index < -0.39 is 17.9 Å².